The van der Waals surface area contributed by atoms with Crippen molar-refractivity contribution in [2.24, 2.45) is 0 Å². The van der Waals surface area contributed by atoms with Crippen LogP contribution in [0.4, 0.5) is 18.9 Å². The standard InChI is InChI=1S/C14H9F3N2OS/c15-14(16,17)8-5-6-12(9(18)7-8)21-13-19-10-3-1-2-4-11(10)20-13/h1-7H,18H2. The highest BCUT2D eigenvalue weighted by Gasteiger charge is 2.30. The van der Waals surface area contributed by atoms with Crippen molar-refractivity contribution in [1.82, 2.24) is 4.98 Å². The lowest BCUT2D eigenvalue weighted by Crippen LogP contribution is -2.05. The number of fused-ring (bicyclic) bond motifs is 1. The van der Waals surface area contributed by atoms with E-state index < -0.39 is 11.7 Å². The summed E-state index contributed by atoms with van der Waals surface area (Å²) in [6.07, 6.45) is -4.41. The summed E-state index contributed by atoms with van der Waals surface area (Å²) in [6, 6.07) is 10.4. The molecular formula is C14H9F3N2OS. The van der Waals surface area contributed by atoms with E-state index in [-0.39, 0.29) is 5.69 Å². The molecule has 0 aliphatic heterocycles. The normalized spacial score (nSPS) is 12.0. The molecule has 3 rings (SSSR count). The first kappa shape index (κ1) is 13.8. The summed E-state index contributed by atoms with van der Waals surface area (Å²) < 4.78 is 43.2. The molecule has 0 amide bonds. The van der Waals surface area contributed by atoms with Gasteiger partial charge in [-0.05, 0) is 42.1 Å². The van der Waals surface area contributed by atoms with Crippen molar-refractivity contribution in [1.29, 1.82) is 0 Å². The zero-order valence-corrected chi connectivity index (χ0v) is 11.3. The van der Waals surface area contributed by atoms with Crippen LogP contribution in [0.5, 0.6) is 0 Å². The van der Waals surface area contributed by atoms with Crippen LogP contribution < -0.4 is 5.73 Å². The van der Waals surface area contributed by atoms with Gasteiger partial charge in [-0.3, -0.25) is 0 Å². The van der Waals surface area contributed by atoms with Gasteiger partial charge in [0.15, 0.2) is 5.58 Å². The molecule has 0 aliphatic carbocycles. The van der Waals surface area contributed by atoms with Crippen molar-refractivity contribution in [3.8, 4) is 0 Å². The second-order valence-corrected chi connectivity index (χ2v) is 5.29. The maximum absolute atomic E-state index is 12.6. The number of hydrogen-bond donors (Lipinski definition) is 1. The molecule has 0 saturated carbocycles. The summed E-state index contributed by atoms with van der Waals surface area (Å²) in [5.74, 6) is 0. The Hall–Kier alpha value is -2.15. The summed E-state index contributed by atoms with van der Waals surface area (Å²) >= 11 is 1.09. The molecule has 2 N–H and O–H groups in total. The SMILES string of the molecule is Nc1cc(C(F)(F)F)ccc1Sc1nc2ccccc2o1. The third-order valence-corrected chi connectivity index (χ3v) is 3.75. The Balaban J connectivity index is 1.91. The van der Waals surface area contributed by atoms with E-state index in [9.17, 15) is 13.2 Å². The molecule has 7 heteroatoms. The van der Waals surface area contributed by atoms with Gasteiger partial charge in [0.05, 0.1) is 5.56 Å². The highest BCUT2D eigenvalue weighted by Crippen LogP contribution is 2.37. The largest absolute Gasteiger partial charge is 0.431 e. The fraction of sp³-hybridized carbons (Fsp3) is 0.0714. The second kappa shape index (κ2) is 5.00. The van der Waals surface area contributed by atoms with Crippen LogP contribution in [0.25, 0.3) is 11.1 Å². The molecule has 0 bridgehead atoms. The lowest BCUT2D eigenvalue weighted by atomic mass is 10.2. The van der Waals surface area contributed by atoms with Gasteiger partial charge in [0, 0.05) is 10.6 Å². The highest BCUT2D eigenvalue weighted by molar-refractivity contribution is 7.99. The van der Waals surface area contributed by atoms with Crippen LogP contribution in [0.3, 0.4) is 0 Å². The van der Waals surface area contributed by atoms with Crippen molar-refractivity contribution >= 4 is 28.5 Å². The molecule has 0 radical (unpaired) electrons. The number of nitrogens with zero attached hydrogens (tertiary/aromatic N) is 1. The molecule has 0 fully saturated rings. The minimum absolute atomic E-state index is 0.0390. The van der Waals surface area contributed by atoms with E-state index in [0.29, 0.717) is 21.2 Å². The Bertz CT molecular complexity index is 765. The molecular weight excluding hydrogens is 301 g/mol. The maximum Gasteiger partial charge on any atom is 0.416 e. The Kier molecular flexibility index (Phi) is 3.29. The van der Waals surface area contributed by atoms with Crippen molar-refractivity contribution in [2.45, 2.75) is 16.3 Å². The van der Waals surface area contributed by atoms with Crippen LogP contribution in [-0.2, 0) is 6.18 Å². The molecule has 3 nitrogen and oxygen atoms in total. The van der Waals surface area contributed by atoms with Crippen molar-refractivity contribution in [3.63, 3.8) is 0 Å². The molecule has 0 saturated heterocycles. The Morgan fingerprint density at radius 1 is 1.10 bits per heavy atom. The minimum atomic E-state index is -4.41. The van der Waals surface area contributed by atoms with E-state index in [0.717, 1.165) is 23.9 Å². The smallest absolute Gasteiger partial charge is 0.416 e. The van der Waals surface area contributed by atoms with Crippen molar-refractivity contribution < 1.29 is 17.6 Å². The summed E-state index contributed by atoms with van der Waals surface area (Å²) in [4.78, 5) is 4.71. The van der Waals surface area contributed by atoms with E-state index in [2.05, 4.69) is 4.98 Å². The number of anilines is 1. The summed E-state index contributed by atoms with van der Waals surface area (Å²) in [5.41, 5.74) is 6.23. The molecule has 0 spiro atoms. The highest BCUT2D eigenvalue weighted by atomic mass is 32.2. The van der Waals surface area contributed by atoms with Gasteiger partial charge in [-0.25, -0.2) is 4.98 Å². The summed E-state index contributed by atoms with van der Waals surface area (Å²) in [5, 5.41) is 0.336. The van der Waals surface area contributed by atoms with Gasteiger partial charge in [0.25, 0.3) is 5.22 Å². The molecule has 1 aromatic heterocycles. The van der Waals surface area contributed by atoms with Crippen LogP contribution in [-0.4, -0.2) is 4.98 Å². The average molecular weight is 310 g/mol. The maximum atomic E-state index is 12.6. The number of halogens is 3. The minimum Gasteiger partial charge on any atom is -0.431 e. The number of para-hydroxylation sites is 2. The summed E-state index contributed by atoms with van der Waals surface area (Å²) in [7, 11) is 0. The second-order valence-electron chi connectivity index (χ2n) is 4.30. The molecule has 0 unspecified atom stereocenters. The molecule has 1 heterocycles. The number of benzene rings is 2. The molecule has 108 valence electrons. The first-order chi connectivity index (χ1) is 9.93. The van der Waals surface area contributed by atoms with Gasteiger partial charge < -0.3 is 10.2 Å². The van der Waals surface area contributed by atoms with Gasteiger partial charge in [-0.2, -0.15) is 13.2 Å². The number of nitrogens with two attached hydrogens (primary N) is 1. The fourth-order valence-corrected chi connectivity index (χ4v) is 2.58. The van der Waals surface area contributed by atoms with Crippen molar-refractivity contribution in [3.05, 3.63) is 48.0 Å². The Labute approximate surface area is 122 Å². The number of alkyl halides is 3. The lowest BCUT2D eigenvalue weighted by molar-refractivity contribution is -0.137. The van der Waals surface area contributed by atoms with Crippen LogP contribution in [0.1, 0.15) is 5.56 Å². The van der Waals surface area contributed by atoms with E-state index in [4.69, 9.17) is 10.2 Å². The molecule has 0 aliphatic rings. The predicted octanol–water partition coefficient (Wildman–Crippen LogP) is 4.58. The van der Waals surface area contributed by atoms with Gasteiger partial charge in [0.2, 0.25) is 0 Å². The predicted molar refractivity (Wildman–Crippen MR) is 74.0 cm³/mol. The third kappa shape index (κ3) is 2.82. The van der Waals surface area contributed by atoms with E-state index in [1.807, 2.05) is 12.1 Å². The van der Waals surface area contributed by atoms with Crippen LogP contribution in [0.2, 0.25) is 0 Å². The first-order valence-corrected chi connectivity index (χ1v) is 6.75. The van der Waals surface area contributed by atoms with E-state index in [1.165, 1.54) is 6.07 Å². The third-order valence-electron chi connectivity index (χ3n) is 2.81. The van der Waals surface area contributed by atoms with Gasteiger partial charge in [0.1, 0.15) is 5.52 Å². The van der Waals surface area contributed by atoms with Crippen LogP contribution >= 0.6 is 11.8 Å². The van der Waals surface area contributed by atoms with E-state index in [1.54, 1.807) is 12.1 Å². The van der Waals surface area contributed by atoms with Crippen molar-refractivity contribution in [2.75, 3.05) is 5.73 Å². The summed E-state index contributed by atoms with van der Waals surface area (Å²) in [6.45, 7) is 0. The lowest BCUT2D eigenvalue weighted by Gasteiger charge is -2.09. The molecule has 3 aromatic rings. The first-order valence-electron chi connectivity index (χ1n) is 5.93. The fourth-order valence-electron chi connectivity index (χ4n) is 1.81. The zero-order valence-electron chi connectivity index (χ0n) is 10.5. The number of nitrogen functional groups attached to an aromatic ring is 1. The number of rotatable bonds is 2. The Morgan fingerprint density at radius 2 is 1.86 bits per heavy atom. The monoisotopic (exact) mass is 310 g/mol. The van der Waals surface area contributed by atoms with E-state index >= 15 is 0 Å². The number of aromatic nitrogens is 1. The van der Waals surface area contributed by atoms with Crippen LogP contribution in [0.15, 0.2) is 57.0 Å². The van der Waals surface area contributed by atoms with Gasteiger partial charge in [-0.1, -0.05) is 12.1 Å². The van der Waals surface area contributed by atoms with Crippen LogP contribution in [0, 0.1) is 0 Å². The Morgan fingerprint density at radius 3 is 2.52 bits per heavy atom. The molecule has 0 atom stereocenters. The van der Waals surface area contributed by atoms with Gasteiger partial charge >= 0.3 is 6.18 Å². The molecule has 21 heavy (non-hydrogen) atoms. The topological polar surface area (TPSA) is 52.0 Å². The average Bonchev–Trinajstić information content (AvgIpc) is 2.82. The zero-order chi connectivity index (χ0) is 15.0. The quantitative estimate of drug-likeness (QED) is 0.704. The number of hydrogen-bond acceptors (Lipinski definition) is 4. The van der Waals surface area contributed by atoms with Gasteiger partial charge in [-0.15, -0.1) is 0 Å². The molecule has 2 aromatic carbocycles. The number of oxazole rings is 1.